The van der Waals surface area contributed by atoms with Crippen molar-refractivity contribution in [1.82, 2.24) is 0 Å². The first-order valence-electron chi connectivity index (χ1n) is 20.5. The Bertz CT molecular complexity index is 1010. The highest BCUT2D eigenvalue weighted by molar-refractivity contribution is 7.59. The minimum absolute atomic E-state index is 0.00551. The molecule has 4 aliphatic rings. The summed E-state index contributed by atoms with van der Waals surface area (Å²) >= 11 is 0. The first kappa shape index (κ1) is 50.6. The van der Waals surface area contributed by atoms with E-state index >= 15 is 0 Å². The average Bonchev–Trinajstić information content (AvgIpc) is 3.91. The molecule has 4 fully saturated rings. The number of hydrogen-bond donors (Lipinski definition) is 8. The van der Waals surface area contributed by atoms with Crippen LogP contribution in [0.1, 0.15) is 156 Å². The molecule has 0 radical (unpaired) electrons. The van der Waals surface area contributed by atoms with Gasteiger partial charge in [-0.15, -0.1) is 0 Å². The molecule has 0 aromatic carbocycles. The number of hydrogen-bond acceptors (Lipinski definition) is 8. The van der Waals surface area contributed by atoms with Crippen LogP contribution < -0.4 is 22.9 Å². The van der Waals surface area contributed by atoms with Gasteiger partial charge < -0.3 is 42.5 Å². The minimum atomic E-state index is -2.87. The van der Waals surface area contributed by atoms with Gasteiger partial charge in [-0.2, -0.15) is 0 Å². The maximum atomic E-state index is 11.8. The van der Waals surface area contributed by atoms with E-state index in [2.05, 4.69) is 0 Å². The van der Waals surface area contributed by atoms with Crippen molar-refractivity contribution in [3.8, 4) is 0 Å². The number of rotatable bonds is 16. The zero-order valence-electron chi connectivity index (χ0n) is 33.1. The number of unbranched alkanes of at least 4 members (excludes halogenated alkanes) is 4. The van der Waals surface area contributed by atoms with Crippen LogP contribution in [0.2, 0.25) is 0 Å². The summed E-state index contributed by atoms with van der Waals surface area (Å²) in [6.45, 7) is 8.17. The van der Waals surface area contributed by atoms with Gasteiger partial charge in [0.1, 0.15) is 0 Å². The zero-order chi connectivity index (χ0) is 39.6. The molecule has 0 spiro atoms. The van der Waals surface area contributed by atoms with E-state index in [0.717, 1.165) is 128 Å². The molecule has 12 N–H and O–H groups in total. The van der Waals surface area contributed by atoms with Crippen molar-refractivity contribution in [3.63, 3.8) is 0 Å². The molecule has 52 heavy (non-hydrogen) atoms. The Morgan fingerprint density at radius 2 is 0.558 bits per heavy atom. The van der Waals surface area contributed by atoms with Crippen LogP contribution >= 0.6 is 29.5 Å². The molecule has 16 heteroatoms. The second-order valence-corrected chi connectivity index (χ2v) is 27.0. The molecule has 0 amide bonds. The third-order valence-electron chi connectivity index (χ3n) is 11.4. The van der Waals surface area contributed by atoms with E-state index in [9.17, 15) is 37.8 Å². The topological polar surface area (TPSA) is 253 Å². The smallest absolute Gasteiger partial charge is 0.203 e. The summed E-state index contributed by atoms with van der Waals surface area (Å²) in [6.07, 6.45) is 19.4. The van der Waals surface area contributed by atoms with Crippen LogP contribution in [0, 0.1) is 0 Å². The molecule has 4 rings (SSSR count). The average molecular weight is 821 g/mol. The van der Waals surface area contributed by atoms with Gasteiger partial charge in [0.25, 0.3) is 0 Å². The van der Waals surface area contributed by atoms with Gasteiger partial charge in [0.2, 0.25) is 29.5 Å². The van der Waals surface area contributed by atoms with Crippen LogP contribution in [0.25, 0.3) is 0 Å². The highest BCUT2D eigenvalue weighted by Crippen LogP contribution is 2.55. The van der Waals surface area contributed by atoms with Gasteiger partial charge in [-0.05, 0) is 103 Å². The lowest BCUT2D eigenvalue weighted by atomic mass is 10.3. The molecule has 4 aliphatic carbocycles. The summed E-state index contributed by atoms with van der Waals surface area (Å²) in [4.78, 5) is 39.1. The normalized spacial score (nSPS) is 33.2. The Morgan fingerprint density at radius 1 is 0.385 bits per heavy atom. The summed E-state index contributed by atoms with van der Waals surface area (Å²) in [5.41, 5.74) is 22.9. The van der Waals surface area contributed by atoms with Gasteiger partial charge in [0.15, 0.2) is 0 Å². The van der Waals surface area contributed by atoms with Gasteiger partial charge in [0.05, 0.1) is 0 Å². The Balaban J connectivity index is 0.000000347. The van der Waals surface area contributed by atoms with Crippen LogP contribution in [0.3, 0.4) is 0 Å². The van der Waals surface area contributed by atoms with E-state index < -0.39 is 29.5 Å². The van der Waals surface area contributed by atoms with Crippen LogP contribution in [-0.4, -0.2) is 91.0 Å². The molecule has 12 nitrogen and oxygen atoms in total. The van der Waals surface area contributed by atoms with Crippen LogP contribution in [-0.2, 0) is 18.3 Å². The van der Waals surface area contributed by atoms with Crippen molar-refractivity contribution in [1.29, 1.82) is 0 Å². The summed E-state index contributed by atoms with van der Waals surface area (Å²) in [7, 11) is -11.5. The van der Waals surface area contributed by atoms with Crippen molar-refractivity contribution in [2.75, 3.05) is 24.6 Å². The predicted molar refractivity (Wildman–Crippen MR) is 221 cm³/mol. The van der Waals surface area contributed by atoms with Gasteiger partial charge in [-0.3, -0.25) is 18.3 Å². The van der Waals surface area contributed by atoms with E-state index in [1.165, 1.54) is 0 Å². The summed E-state index contributed by atoms with van der Waals surface area (Å²) in [6, 6.07) is 0.637. The van der Waals surface area contributed by atoms with Crippen molar-refractivity contribution in [3.05, 3.63) is 0 Å². The van der Waals surface area contributed by atoms with Crippen molar-refractivity contribution < 1.29 is 37.8 Å². The lowest BCUT2D eigenvalue weighted by Gasteiger charge is -2.17. The highest BCUT2D eigenvalue weighted by atomic mass is 31.2. The zero-order valence-corrected chi connectivity index (χ0v) is 36.7. The van der Waals surface area contributed by atoms with Crippen molar-refractivity contribution >= 4 is 29.5 Å². The van der Waals surface area contributed by atoms with E-state index in [1.54, 1.807) is 0 Å². The molecule has 312 valence electrons. The second-order valence-electron chi connectivity index (χ2n) is 16.2. The summed E-state index contributed by atoms with van der Waals surface area (Å²) in [5, 5.41) is 0. The Morgan fingerprint density at radius 3 is 0.673 bits per heavy atom. The SMILES string of the molecule is CCCCP(=O)(O)[C@@H]1CC[C@@H](N)C1.CCCCP(=O)(O)[C@@H]1CC[C@H](N)C1.CCCCP(=O)(O)[C@H]1CC[C@@H](N)C1.CCCCP(=O)(O)[C@H]1CC[C@H](N)C1. The Kier molecular flexibility index (Phi) is 24.4. The molecule has 0 saturated heterocycles. The van der Waals surface area contributed by atoms with Gasteiger partial charge >= 0.3 is 0 Å². The molecule has 12 atom stereocenters. The van der Waals surface area contributed by atoms with E-state index in [0.29, 0.717) is 24.6 Å². The Labute approximate surface area is 317 Å². The third kappa shape index (κ3) is 19.2. The van der Waals surface area contributed by atoms with Crippen molar-refractivity contribution in [2.45, 2.75) is 203 Å². The molecular formula is C36H80N4O8P4. The lowest BCUT2D eigenvalue weighted by molar-refractivity contribution is 0.457. The fourth-order valence-corrected chi connectivity index (χ4v) is 16.9. The van der Waals surface area contributed by atoms with Crippen LogP contribution in [0.5, 0.6) is 0 Å². The molecule has 0 aromatic heterocycles. The minimum Gasteiger partial charge on any atom is -0.344 e. The summed E-state index contributed by atoms with van der Waals surface area (Å²) in [5.74, 6) is 0. The number of nitrogens with two attached hydrogens (primary N) is 4. The molecule has 4 unspecified atom stereocenters. The van der Waals surface area contributed by atoms with E-state index in [-0.39, 0.29) is 46.8 Å². The first-order valence-corrected chi connectivity index (χ1v) is 28.2. The largest absolute Gasteiger partial charge is 0.344 e. The molecule has 0 aliphatic heterocycles. The quantitative estimate of drug-likeness (QED) is 0.0696. The fourth-order valence-electron chi connectivity index (χ4n) is 7.70. The Hall–Kier alpha value is 0.600. The second kappa shape index (κ2) is 25.1. The monoisotopic (exact) mass is 820 g/mol. The maximum Gasteiger partial charge on any atom is 0.203 e. The molecule has 4 saturated carbocycles. The van der Waals surface area contributed by atoms with Crippen LogP contribution in [0.4, 0.5) is 0 Å². The standard InChI is InChI=1S/4C9H20NO2P/c4*1-2-3-6-13(11,12)9-5-4-8(10)7-9/h4*8-9H,2-7,10H2,1H3,(H,11,12)/t2*8-,9+;2*8-,9-/m1010/s1. The van der Waals surface area contributed by atoms with Gasteiger partial charge in [-0.1, -0.05) is 53.4 Å². The van der Waals surface area contributed by atoms with E-state index in [4.69, 9.17) is 22.9 Å². The highest BCUT2D eigenvalue weighted by Gasteiger charge is 2.38. The molecule has 0 bridgehead atoms. The lowest BCUT2D eigenvalue weighted by Crippen LogP contribution is -2.16. The van der Waals surface area contributed by atoms with Gasteiger partial charge in [-0.25, -0.2) is 0 Å². The molecule has 0 heterocycles. The predicted octanol–water partition coefficient (Wildman–Crippen LogP) is 7.75. The van der Waals surface area contributed by atoms with Gasteiger partial charge in [0, 0.05) is 71.5 Å². The fraction of sp³-hybridized carbons (Fsp3) is 1.00. The summed E-state index contributed by atoms with van der Waals surface area (Å²) < 4.78 is 47.3. The maximum absolute atomic E-state index is 11.8. The van der Waals surface area contributed by atoms with Crippen LogP contribution in [0.15, 0.2) is 0 Å². The molecular weight excluding hydrogens is 740 g/mol. The first-order chi connectivity index (χ1) is 24.2. The third-order valence-corrected chi connectivity index (χ3v) is 21.7. The molecule has 0 aromatic rings. The van der Waals surface area contributed by atoms with E-state index in [1.807, 2.05) is 27.7 Å². The van der Waals surface area contributed by atoms with Crippen molar-refractivity contribution in [2.24, 2.45) is 22.9 Å².